The summed E-state index contributed by atoms with van der Waals surface area (Å²) >= 11 is 0. The second-order valence-electron chi connectivity index (χ2n) is 2.60. The van der Waals surface area contributed by atoms with Gasteiger partial charge >= 0.3 is 0 Å². The van der Waals surface area contributed by atoms with Crippen molar-refractivity contribution >= 4 is 0 Å². The molecule has 0 unspecified atom stereocenters. The average Bonchev–Trinajstić information content (AvgIpc) is 2.40. The zero-order valence-corrected chi connectivity index (χ0v) is 6.73. The smallest absolute Gasteiger partial charge is 0.0631 e. The summed E-state index contributed by atoms with van der Waals surface area (Å²) in [6.07, 6.45) is 3.99. The standard InChI is InChI=1S/C8H14N2O/c1-11-7-8(9)6-10-4-2-3-5-10/h2-5,8H,6-7,9H2,1H3/t8-/m1/s1. The third-order valence-corrected chi connectivity index (χ3v) is 1.49. The first-order valence-electron chi connectivity index (χ1n) is 3.68. The molecule has 1 aromatic heterocycles. The summed E-state index contributed by atoms with van der Waals surface area (Å²) < 4.78 is 6.96. The van der Waals surface area contributed by atoms with Gasteiger partial charge in [-0.1, -0.05) is 0 Å². The number of ether oxygens (including phenoxy) is 1. The van der Waals surface area contributed by atoms with Crippen LogP contribution in [0, 0.1) is 0 Å². The highest BCUT2D eigenvalue weighted by molar-refractivity contribution is 4.90. The molecule has 0 aliphatic heterocycles. The molecular formula is C8H14N2O. The Kier molecular flexibility index (Phi) is 3.14. The molecule has 1 rings (SSSR count). The van der Waals surface area contributed by atoms with E-state index in [0.717, 1.165) is 6.54 Å². The SMILES string of the molecule is COC[C@H](N)Cn1cccc1. The third-order valence-electron chi connectivity index (χ3n) is 1.49. The van der Waals surface area contributed by atoms with Crippen molar-refractivity contribution < 1.29 is 4.74 Å². The summed E-state index contributed by atoms with van der Waals surface area (Å²) in [6, 6.07) is 4.06. The molecule has 3 heteroatoms. The van der Waals surface area contributed by atoms with E-state index in [9.17, 15) is 0 Å². The van der Waals surface area contributed by atoms with Crippen LogP contribution in [0.5, 0.6) is 0 Å². The Bertz CT molecular complexity index is 184. The average molecular weight is 154 g/mol. The Morgan fingerprint density at radius 1 is 1.45 bits per heavy atom. The highest BCUT2D eigenvalue weighted by Gasteiger charge is 2.00. The topological polar surface area (TPSA) is 40.2 Å². The van der Waals surface area contributed by atoms with Crippen LogP contribution in [0.4, 0.5) is 0 Å². The van der Waals surface area contributed by atoms with Crippen molar-refractivity contribution in [2.75, 3.05) is 13.7 Å². The van der Waals surface area contributed by atoms with E-state index in [1.165, 1.54) is 0 Å². The largest absolute Gasteiger partial charge is 0.383 e. The van der Waals surface area contributed by atoms with Crippen LogP contribution in [0.15, 0.2) is 24.5 Å². The van der Waals surface area contributed by atoms with Gasteiger partial charge in [0, 0.05) is 32.1 Å². The Hall–Kier alpha value is -0.800. The van der Waals surface area contributed by atoms with E-state index in [-0.39, 0.29) is 6.04 Å². The van der Waals surface area contributed by atoms with E-state index in [0.29, 0.717) is 6.61 Å². The van der Waals surface area contributed by atoms with Crippen LogP contribution in [0.2, 0.25) is 0 Å². The Morgan fingerprint density at radius 2 is 2.09 bits per heavy atom. The lowest BCUT2D eigenvalue weighted by Crippen LogP contribution is -2.30. The summed E-state index contributed by atoms with van der Waals surface area (Å²) in [5.74, 6) is 0. The van der Waals surface area contributed by atoms with E-state index in [2.05, 4.69) is 0 Å². The Morgan fingerprint density at radius 3 is 2.64 bits per heavy atom. The maximum Gasteiger partial charge on any atom is 0.0631 e. The maximum atomic E-state index is 5.73. The van der Waals surface area contributed by atoms with Gasteiger partial charge in [0.05, 0.1) is 6.61 Å². The molecule has 0 aliphatic rings. The Balaban J connectivity index is 2.31. The molecule has 0 aliphatic carbocycles. The zero-order chi connectivity index (χ0) is 8.10. The fraction of sp³-hybridized carbons (Fsp3) is 0.500. The van der Waals surface area contributed by atoms with Crippen molar-refractivity contribution in [3.63, 3.8) is 0 Å². The molecule has 0 aromatic carbocycles. The zero-order valence-electron chi connectivity index (χ0n) is 6.73. The highest BCUT2D eigenvalue weighted by atomic mass is 16.5. The summed E-state index contributed by atoms with van der Waals surface area (Å²) in [5, 5.41) is 0. The van der Waals surface area contributed by atoms with Crippen LogP contribution >= 0.6 is 0 Å². The van der Waals surface area contributed by atoms with Gasteiger partial charge in [-0.25, -0.2) is 0 Å². The predicted octanol–water partition coefficient (Wildman–Crippen LogP) is 0.462. The van der Waals surface area contributed by atoms with Gasteiger partial charge in [0.15, 0.2) is 0 Å². The minimum Gasteiger partial charge on any atom is -0.383 e. The molecule has 0 fully saturated rings. The van der Waals surface area contributed by atoms with Crippen LogP contribution in [0.25, 0.3) is 0 Å². The number of hydrogen-bond donors (Lipinski definition) is 1. The predicted molar refractivity (Wildman–Crippen MR) is 44.3 cm³/mol. The van der Waals surface area contributed by atoms with Gasteiger partial charge in [-0.3, -0.25) is 0 Å². The summed E-state index contributed by atoms with van der Waals surface area (Å²) in [5.41, 5.74) is 5.73. The van der Waals surface area contributed by atoms with E-state index in [1.807, 2.05) is 29.1 Å². The first kappa shape index (κ1) is 8.30. The molecule has 1 aromatic rings. The first-order chi connectivity index (χ1) is 5.33. The molecular weight excluding hydrogens is 140 g/mol. The van der Waals surface area contributed by atoms with E-state index < -0.39 is 0 Å². The minimum absolute atomic E-state index is 0.0902. The second-order valence-corrected chi connectivity index (χ2v) is 2.60. The van der Waals surface area contributed by atoms with E-state index in [1.54, 1.807) is 7.11 Å². The van der Waals surface area contributed by atoms with Crippen molar-refractivity contribution in [1.29, 1.82) is 0 Å². The van der Waals surface area contributed by atoms with Crippen LogP contribution in [-0.4, -0.2) is 24.3 Å². The van der Waals surface area contributed by atoms with Crippen molar-refractivity contribution in [2.24, 2.45) is 5.73 Å². The fourth-order valence-corrected chi connectivity index (χ4v) is 1.03. The van der Waals surface area contributed by atoms with Gasteiger partial charge < -0.3 is 15.0 Å². The van der Waals surface area contributed by atoms with Crippen LogP contribution in [0.1, 0.15) is 0 Å². The van der Waals surface area contributed by atoms with Crippen LogP contribution in [0.3, 0.4) is 0 Å². The molecule has 62 valence electrons. The van der Waals surface area contributed by atoms with Crippen molar-refractivity contribution in [1.82, 2.24) is 4.57 Å². The molecule has 11 heavy (non-hydrogen) atoms. The van der Waals surface area contributed by atoms with Gasteiger partial charge in [-0.15, -0.1) is 0 Å². The van der Waals surface area contributed by atoms with Crippen molar-refractivity contribution in [3.8, 4) is 0 Å². The normalized spacial score (nSPS) is 13.3. The van der Waals surface area contributed by atoms with Gasteiger partial charge in [0.1, 0.15) is 0 Å². The first-order valence-corrected chi connectivity index (χ1v) is 3.68. The Labute approximate surface area is 66.8 Å². The van der Waals surface area contributed by atoms with Gasteiger partial charge in [-0.05, 0) is 12.1 Å². The quantitative estimate of drug-likeness (QED) is 0.684. The number of aromatic nitrogens is 1. The molecule has 0 bridgehead atoms. The number of nitrogens with zero attached hydrogens (tertiary/aromatic N) is 1. The van der Waals surface area contributed by atoms with E-state index >= 15 is 0 Å². The summed E-state index contributed by atoms with van der Waals surface area (Å²) in [4.78, 5) is 0. The third kappa shape index (κ3) is 2.74. The molecule has 3 nitrogen and oxygen atoms in total. The molecule has 1 heterocycles. The van der Waals surface area contributed by atoms with Crippen molar-refractivity contribution in [3.05, 3.63) is 24.5 Å². The lowest BCUT2D eigenvalue weighted by molar-refractivity contribution is 0.174. The van der Waals surface area contributed by atoms with Crippen molar-refractivity contribution in [2.45, 2.75) is 12.6 Å². The minimum atomic E-state index is 0.0902. The number of nitrogens with two attached hydrogens (primary N) is 1. The number of methoxy groups -OCH3 is 1. The number of rotatable bonds is 4. The molecule has 0 radical (unpaired) electrons. The molecule has 2 N–H and O–H groups in total. The molecule has 0 amide bonds. The van der Waals surface area contributed by atoms with E-state index in [4.69, 9.17) is 10.5 Å². The number of hydrogen-bond acceptors (Lipinski definition) is 2. The lowest BCUT2D eigenvalue weighted by Gasteiger charge is -2.10. The molecule has 0 spiro atoms. The highest BCUT2D eigenvalue weighted by Crippen LogP contribution is 1.92. The van der Waals surface area contributed by atoms with Crippen LogP contribution < -0.4 is 5.73 Å². The molecule has 1 atom stereocenters. The summed E-state index contributed by atoms with van der Waals surface area (Å²) in [6.45, 7) is 1.43. The maximum absolute atomic E-state index is 5.73. The van der Waals surface area contributed by atoms with Gasteiger partial charge in [-0.2, -0.15) is 0 Å². The van der Waals surface area contributed by atoms with Crippen LogP contribution in [-0.2, 0) is 11.3 Å². The molecule has 0 saturated heterocycles. The molecule has 0 saturated carbocycles. The summed E-state index contributed by atoms with van der Waals surface area (Å²) in [7, 11) is 1.66. The fourth-order valence-electron chi connectivity index (χ4n) is 1.03. The van der Waals surface area contributed by atoms with Gasteiger partial charge in [0.25, 0.3) is 0 Å². The lowest BCUT2D eigenvalue weighted by atomic mass is 10.3. The van der Waals surface area contributed by atoms with Gasteiger partial charge in [0.2, 0.25) is 0 Å². The second kappa shape index (κ2) is 4.16. The monoisotopic (exact) mass is 154 g/mol.